The molecule has 1 aromatic rings. The van der Waals surface area contributed by atoms with E-state index in [1.165, 1.54) is 18.3 Å². The van der Waals surface area contributed by atoms with Crippen molar-refractivity contribution in [1.82, 2.24) is 5.32 Å². The van der Waals surface area contributed by atoms with Gasteiger partial charge in [0.1, 0.15) is 6.04 Å². The molecule has 5 nitrogen and oxygen atoms in total. The van der Waals surface area contributed by atoms with Crippen molar-refractivity contribution in [3.8, 4) is 0 Å². The van der Waals surface area contributed by atoms with Crippen molar-refractivity contribution < 1.29 is 19.5 Å². The maximum absolute atomic E-state index is 11.8. The van der Waals surface area contributed by atoms with Crippen molar-refractivity contribution in [2.24, 2.45) is 0 Å². The van der Waals surface area contributed by atoms with Gasteiger partial charge in [-0.15, -0.1) is 11.3 Å². The number of carbonyl (C=O) groups is 3. The zero-order chi connectivity index (χ0) is 13.0. The van der Waals surface area contributed by atoms with Crippen LogP contribution in [0.25, 0.3) is 0 Å². The molecule has 1 amide bonds. The van der Waals surface area contributed by atoms with Gasteiger partial charge in [0.25, 0.3) is 0 Å². The van der Waals surface area contributed by atoms with Crippen LogP contribution in [0.4, 0.5) is 0 Å². The number of rotatable bonds is 5. The zero-order valence-corrected chi connectivity index (χ0v) is 11.3. The Labute approximate surface area is 110 Å². The monoisotopic (exact) mass is 319 g/mol. The smallest absolute Gasteiger partial charge is 0.326 e. The molecule has 0 aliphatic heterocycles. The topological polar surface area (TPSA) is 83.5 Å². The summed E-state index contributed by atoms with van der Waals surface area (Å²) in [5, 5.41) is 12.8. The van der Waals surface area contributed by atoms with Gasteiger partial charge in [0.15, 0.2) is 5.78 Å². The number of carboxylic acid groups (broad SMARTS) is 1. The van der Waals surface area contributed by atoms with Gasteiger partial charge in [-0.25, -0.2) is 4.79 Å². The minimum atomic E-state index is -1.22. The van der Waals surface area contributed by atoms with Crippen molar-refractivity contribution in [2.45, 2.75) is 19.4 Å². The van der Waals surface area contributed by atoms with Gasteiger partial charge in [-0.1, -0.05) is 0 Å². The van der Waals surface area contributed by atoms with E-state index in [1.807, 2.05) is 0 Å². The minimum Gasteiger partial charge on any atom is -0.480 e. The van der Waals surface area contributed by atoms with Crippen molar-refractivity contribution in [2.75, 3.05) is 0 Å². The second kappa shape index (κ2) is 5.92. The Morgan fingerprint density at radius 3 is 2.59 bits per heavy atom. The number of aliphatic carboxylic acids is 1. The number of carboxylic acids is 1. The first-order valence-electron chi connectivity index (χ1n) is 4.68. The molecule has 17 heavy (non-hydrogen) atoms. The van der Waals surface area contributed by atoms with Crippen molar-refractivity contribution >= 4 is 44.9 Å². The molecule has 0 fully saturated rings. The Bertz CT molecular complexity index is 457. The Hall–Kier alpha value is -1.21. The average molecular weight is 320 g/mol. The van der Waals surface area contributed by atoms with Gasteiger partial charge in [-0.3, -0.25) is 9.59 Å². The first kappa shape index (κ1) is 13.9. The fourth-order valence-electron chi connectivity index (χ4n) is 1.22. The molecule has 0 bridgehead atoms. The lowest BCUT2D eigenvalue weighted by Crippen LogP contribution is -2.41. The summed E-state index contributed by atoms with van der Waals surface area (Å²) < 4.78 is 0.638. The zero-order valence-electron chi connectivity index (χ0n) is 8.90. The normalized spacial score (nSPS) is 11.9. The van der Waals surface area contributed by atoms with Crippen molar-refractivity contribution in [3.05, 3.63) is 20.8 Å². The van der Waals surface area contributed by atoms with Crippen molar-refractivity contribution in [1.29, 1.82) is 0 Å². The highest BCUT2D eigenvalue weighted by molar-refractivity contribution is 9.10. The third-order valence-electron chi connectivity index (χ3n) is 1.94. The number of hydrogen-bond donors (Lipinski definition) is 2. The van der Waals surface area contributed by atoms with Gasteiger partial charge < -0.3 is 10.4 Å². The third kappa shape index (κ3) is 3.94. The number of hydrogen-bond acceptors (Lipinski definition) is 4. The molecule has 1 heterocycles. The van der Waals surface area contributed by atoms with E-state index in [0.29, 0.717) is 9.35 Å². The first-order valence-corrected chi connectivity index (χ1v) is 6.35. The quantitative estimate of drug-likeness (QED) is 0.809. The molecular formula is C10H10BrNO4S. The lowest BCUT2D eigenvalue weighted by Gasteiger charge is -2.11. The summed E-state index contributed by atoms with van der Waals surface area (Å²) in [7, 11) is 0. The SMILES string of the molecule is CC(=O)NC(CC(=O)c1sccc1Br)C(=O)O. The lowest BCUT2D eigenvalue weighted by atomic mass is 10.1. The first-order chi connectivity index (χ1) is 7.91. The minimum absolute atomic E-state index is 0.256. The summed E-state index contributed by atoms with van der Waals surface area (Å²) >= 11 is 4.43. The van der Waals surface area contributed by atoms with Crippen LogP contribution in [-0.2, 0) is 9.59 Å². The Balaban J connectivity index is 2.74. The van der Waals surface area contributed by atoms with E-state index in [0.717, 1.165) is 0 Å². The molecule has 0 aromatic carbocycles. The molecule has 0 spiro atoms. The number of thiophene rings is 1. The molecule has 1 rings (SSSR count). The molecule has 1 atom stereocenters. The van der Waals surface area contributed by atoms with Crippen LogP contribution in [0.1, 0.15) is 23.0 Å². The summed E-state index contributed by atoms with van der Waals surface area (Å²) in [6, 6.07) is 0.528. The van der Waals surface area contributed by atoms with Crippen LogP contribution < -0.4 is 5.32 Å². The maximum Gasteiger partial charge on any atom is 0.326 e. The summed E-state index contributed by atoms with van der Waals surface area (Å²) in [5.41, 5.74) is 0. The molecule has 0 aliphatic rings. The van der Waals surface area contributed by atoms with E-state index in [2.05, 4.69) is 21.2 Å². The highest BCUT2D eigenvalue weighted by atomic mass is 79.9. The lowest BCUT2D eigenvalue weighted by molar-refractivity contribution is -0.141. The molecule has 0 aliphatic carbocycles. The standard InChI is InChI=1S/C10H10BrNO4S/c1-5(13)12-7(10(15)16)4-8(14)9-6(11)2-3-17-9/h2-3,7H,4H2,1H3,(H,12,13)(H,15,16). The summed E-state index contributed by atoms with van der Waals surface area (Å²) in [6.07, 6.45) is -0.256. The predicted molar refractivity (Wildman–Crippen MR) is 66.2 cm³/mol. The van der Waals surface area contributed by atoms with Gasteiger partial charge in [0.2, 0.25) is 5.91 Å². The fraction of sp³-hybridized carbons (Fsp3) is 0.300. The number of Topliss-reactive ketones (excluding diaryl/α,β-unsaturated/α-hetero) is 1. The molecule has 1 unspecified atom stereocenters. The highest BCUT2D eigenvalue weighted by Gasteiger charge is 2.24. The van der Waals surface area contributed by atoms with E-state index in [-0.39, 0.29) is 12.2 Å². The molecule has 1 aromatic heterocycles. The summed E-state index contributed by atoms with van der Waals surface area (Å²) in [6.45, 7) is 1.21. The number of carbonyl (C=O) groups excluding carboxylic acids is 2. The van der Waals surface area contributed by atoms with Crippen LogP contribution in [0, 0.1) is 0 Å². The van der Waals surface area contributed by atoms with Crippen molar-refractivity contribution in [3.63, 3.8) is 0 Å². The van der Waals surface area contributed by atoms with E-state index in [4.69, 9.17) is 5.11 Å². The number of nitrogens with one attached hydrogen (secondary N) is 1. The van der Waals surface area contributed by atoms with Crippen LogP contribution in [0.5, 0.6) is 0 Å². The average Bonchev–Trinajstić information content (AvgIpc) is 2.62. The Morgan fingerprint density at radius 2 is 2.18 bits per heavy atom. The number of amides is 1. The molecule has 0 saturated heterocycles. The molecule has 7 heteroatoms. The third-order valence-corrected chi connectivity index (χ3v) is 3.81. The second-order valence-corrected chi connectivity index (χ2v) is 5.09. The molecule has 92 valence electrons. The van der Waals surface area contributed by atoms with Crippen LogP contribution in [0.2, 0.25) is 0 Å². The fourth-order valence-corrected chi connectivity index (χ4v) is 2.76. The van der Waals surface area contributed by atoms with E-state index in [9.17, 15) is 14.4 Å². The maximum atomic E-state index is 11.8. The summed E-state index contributed by atoms with van der Waals surface area (Å²) in [5.74, 6) is -2.01. The molecule has 0 saturated carbocycles. The van der Waals surface area contributed by atoms with Crippen LogP contribution in [0.15, 0.2) is 15.9 Å². The van der Waals surface area contributed by atoms with Crippen LogP contribution in [0.3, 0.4) is 0 Å². The summed E-state index contributed by atoms with van der Waals surface area (Å²) in [4.78, 5) is 33.9. The van der Waals surface area contributed by atoms with Gasteiger partial charge >= 0.3 is 5.97 Å². The van der Waals surface area contributed by atoms with E-state index < -0.39 is 17.9 Å². The highest BCUT2D eigenvalue weighted by Crippen LogP contribution is 2.24. The molecular weight excluding hydrogens is 310 g/mol. The van der Waals surface area contributed by atoms with Crippen LogP contribution >= 0.6 is 27.3 Å². The van der Waals surface area contributed by atoms with Gasteiger partial charge in [-0.2, -0.15) is 0 Å². The van der Waals surface area contributed by atoms with E-state index >= 15 is 0 Å². The molecule has 0 radical (unpaired) electrons. The van der Waals surface area contributed by atoms with E-state index in [1.54, 1.807) is 11.4 Å². The van der Waals surface area contributed by atoms with Gasteiger partial charge in [0, 0.05) is 17.8 Å². The van der Waals surface area contributed by atoms with Crippen LogP contribution in [-0.4, -0.2) is 28.8 Å². The number of halogens is 1. The van der Waals surface area contributed by atoms with Gasteiger partial charge in [0.05, 0.1) is 4.88 Å². The largest absolute Gasteiger partial charge is 0.480 e. The molecule has 2 N–H and O–H groups in total. The number of ketones is 1. The Morgan fingerprint density at radius 1 is 1.53 bits per heavy atom. The predicted octanol–water partition coefficient (Wildman–Crippen LogP) is 1.67. The second-order valence-electron chi connectivity index (χ2n) is 3.32. The Kier molecular flexibility index (Phi) is 4.83. The van der Waals surface area contributed by atoms with Gasteiger partial charge in [-0.05, 0) is 27.4 Å².